The van der Waals surface area contributed by atoms with Crippen molar-refractivity contribution in [1.82, 2.24) is 10.2 Å². The number of carbonyl (C=O) groups is 2. The number of carbonyl (C=O) groups excluding carboxylic acids is 2. The quantitative estimate of drug-likeness (QED) is 0.782. The minimum Gasteiger partial charge on any atom is -0.496 e. The first-order valence-electron chi connectivity index (χ1n) is 7.33. The number of hydrogen-bond acceptors (Lipinski definition) is 3. The zero-order valence-electron chi connectivity index (χ0n) is 13.0. The molecule has 0 aliphatic rings. The van der Waals surface area contributed by atoms with E-state index in [0.29, 0.717) is 18.8 Å². The summed E-state index contributed by atoms with van der Waals surface area (Å²) in [5, 5.41) is 2.66. The highest BCUT2D eigenvalue weighted by molar-refractivity contribution is 6.34. The lowest BCUT2D eigenvalue weighted by Crippen LogP contribution is -2.43. The Kier molecular flexibility index (Phi) is 7.29. The van der Waals surface area contributed by atoms with Gasteiger partial charge in [0.15, 0.2) is 0 Å². The van der Waals surface area contributed by atoms with Crippen LogP contribution in [0.5, 0.6) is 5.75 Å². The fraction of sp³-hybridized carbons (Fsp3) is 0.500. The number of para-hydroxylation sites is 1. The van der Waals surface area contributed by atoms with Gasteiger partial charge < -0.3 is 15.0 Å². The summed E-state index contributed by atoms with van der Waals surface area (Å²) in [4.78, 5) is 25.6. The largest absolute Gasteiger partial charge is 0.496 e. The van der Waals surface area contributed by atoms with Gasteiger partial charge in [0.1, 0.15) is 5.75 Å². The van der Waals surface area contributed by atoms with Crippen LogP contribution in [0.25, 0.3) is 0 Å². The standard InChI is InChI=1S/C16H24N2O3/c1-4-10-18(11-5-2)16(20)15(19)17-12-13-8-6-7-9-14(13)21-3/h6-9H,4-5,10-12H2,1-3H3,(H,17,19). The highest BCUT2D eigenvalue weighted by Crippen LogP contribution is 2.16. The normalized spacial score (nSPS) is 10.0. The summed E-state index contributed by atoms with van der Waals surface area (Å²) in [6.45, 7) is 5.47. The lowest BCUT2D eigenvalue weighted by atomic mass is 10.2. The SMILES string of the molecule is CCCN(CCC)C(=O)C(=O)NCc1ccccc1OC. The maximum absolute atomic E-state index is 12.1. The molecule has 0 aliphatic carbocycles. The second-order valence-electron chi connectivity index (χ2n) is 4.79. The lowest BCUT2D eigenvalue weighted by Gasteiger charge is -2.20. The molecule has 0 aliphatic heterocycles. The van der Waals surface area contributed by atoms with E-state index in [9.17, 15) is 9.59 Å². The summed E-state index contributed by atoms with van der Waals surface area (Å²) in [5.74, 6) is -0.333. The third kappa shape index (κ3) is 5.10. The Morgan fingerprint density at radius 1 is 1.14 bits per heavy atom. The number of benzene rings is 1. The molecule has 116 valence electrons. The van der Waals surface area contributed by atoms with Crippen molar-refractivity contribution in [2.45, 2.75) is 33.2 Å². The third-order valence-corrected chi connectivity index (χ3v) is 3.10. The van der Waals surface area contributed by atoms with Crippen molar-refractivity contribution in [3.63, 3.8) is 0 Å². The van der Waals surface area contributed by atoms with Crippen LogP contribution in [0, 0.1) is 0 Å². The van der Waals surface area contributed by atoms with Crippen molar-refractivity contribution >= 4 is 11.8 Å². The Morgan fingerprint density at radius 2 is 1.76 bits per heavy atom. The van der Waals surface area contributed by atoms with Gasteiger partial charge in [-0.1, -0.05) is 32.0 Å². The highest BCUT2D eigenvalue weighted by Gasteiger charge is 2.20. The maximum Gasteiger partial charge on any atom is 0.311 e. The van der Waals surface area contributed by atoms with Gasteiger partial charge in [-0.2, -0.15) is 0 Å². The van der Waals surface area contributed by atoms with Gasteiger partial charge in [0.05, 0.1) is 7.11 Å². The molecule has 0 heterocycles. The molecule has 1 aromatic rings. The summed E-state index contributed by atoms with van der Waals surface area (Å²) in [7, 11) is 1.58. The number of nitrogens with one attached hydrogen (secondary N) is 1. The average molecular weight is 292 g/mol. The van der Waals surface area contributed by atoms with E-state index >= 15 is 0 Å². The Balaban J connectivity index is 2.61. The van der Waals surface area contributed by atoms with E-state index < -0.39 is 11.8 Å². The molecule has 5 nitrogen and oxygen atoms in total. The van der Waals surface area contributed by atoms with Gasteiger partial charge in [0.2, 0.25) is 0 Å². The van der Waals surface area contributed by atoms with E-state index in [-0.39, 0.29) is 6.54 Å². The van der Waals surface area contributed by atoms with Crippen LogP contribution in [-0.4, -0.2) is 36.9 Å². The number of hydrogen-bond donors (Lipinski definition) is 1. The molecule has 5 heteroatoms. The average Bonchev–Trinajstić information content (AvgIpc) is 2.51. The van der Waals surface area contributed by atoms with Crippen LogP contribution >= 0.6 is 0 Å². The molecule has 1 aromatic carbocycles. The highest BCUT2D eigenvalue weighted by atomic mass is 16.5. The van der Waals surface area contributed by atoms with Crippen molar-refractivity contribution < 1.29 is 14.3 Å². The second kappa shape index (κ2) is 9.00. The minimum absolute atomic E-state index is 0.278. The van der Waals surface area contributed by atoms with Crippen molar-refractivity contribution in [2.24, 2.45) is 0 Å². The Morgan fingerprint density at radius 3 is 2.33 bits per heavy atom. The molecule has 0 spiro atoms. The van der Waals surface area contributed by atoms with E-state index in [1.807, 2.05) is 38.1 Å². The zero-order chi connectivity index (χ0) is 15.7. The molecule has 2 amide bonds. The fourth-order valence-corrected chi connectivity index (χ4v) is 2.10. The molecule has 1 N–H and O–H groups in total. The monoisotopic (exact) mass is 292 g/mol. The van der Waals surface area contributed by atoms with Crippen LogP contribution in [0.2, 0.25) is 0 Å². The van der Waals surface area contributed by atoms with Gasteiger partial charge >= 0.3 is 11.8 Å². The Hall–Kier alpha value is -2.04. The predicted molar refractivity (Wildman–Crippen MR) is 82.0 cm³/mol. The predicted octanol–water partition coefficient (Wildman–Crippen LogP) is 1.96. The summed E-state index contributed by atoms with van der Waals surface area (Å²) < 4.78 is 5.22. The number of nitrogens with zero attached hydrogens (tertiary/aromatic N) is 1. The smallest absolute Gasteiger partial charge is 0.311 e. The summed E-state index contributed by atoms with van der Waals surface area (Å²) in [6.07, 6.45) is 1.68. The molecule has 0 bridgehead atoms. The van der Waals surface area contributed by atoms with Gasteiger partial charge in [0.25, 0.3) is 0 Å². The molecule has 0 atom stereocenters. The summed E-state index contributed by atoms with van der Waals surface area (Å²) in [5.41, 5.74) is 0.846. The molecule has 21 heavy (non-hydrogen) atoms. The molecule has 0 saturated heterocycles. The fourth-order valence-electron chi connectivity index (χ4n) is 2.10. The van der Waals surface area contributed by atoms with Gasteiger partial charge in [-0.05, 0) is 18.9 Å². The van der Waals surface area contributed by atoms with Crippen LogP contribution in [0.15, 0.2) is 24.3 Å². The Labute approximate surface area is 126 Å². The third-order valence-electron chi connectivity index (χ3n) is 3.10. The van der Waals surface area contributed by atoms with Gasteiger partial charge in [-0.25, -0.2) is 0 Å². The summed E-state index contributed by atoms with van der Waals surface area (Å²) in [6, 6.07) is 7.41. The van der Waals surface area contributed by atoms with E-state index in [2.05, 4.69) is 5.32 Å². The number of amides is 2. The minimum atomic E-state index is -0.567. The molecule has 0 radical (unpaired) electrons. The first kappa shape index (κ1) is 17.0. The van der Waals surface area contributed by atoms with E-state index in [1.54, 1.807) is 12.0 Å². The van der Waals surface area contributed by atoms with E-state index in [0.717, 1.165) is 18.4 Å². The molecule has 1 rings (SSSR count). The van der Waals surface area contributed by atoms with Gasteiger partial charge in [-0.3, -0.25) is 9.59 Å². The lowest BCUT2D eigenvalue weighted by molar-refractivity contribution is -0.146. The number of rotatable bonds is 7. The van der Waals surface area contributed by atoms with Crippen LogP contribution in [0.1, 0.15) is 32.3 Å². The van der Waals surface area contributed by atoms with E-state index in [1.165, 1.54) is 0 Å². The molecular weight excluding hydrogens is 268 g/mol. The topological polar surface area (TPSA) is 58.6 Å². The van der Waals surface area contributed by atoms with Crippen LogP contribution in [0.3, 0.4) is 0 Å². The van der Waals surface area contributed by atoms with Crippen molar-refractivity contribution in [3.05, 3.63) is 29.8 Å². The van der Waals surface area contributed by atoms with Crippen molar-refractivity contribution in [2.75, 3.05) is 20.2 Å². The van der Waals surface area contributed by atoms with E-state index in [4.69, 9.17) is 4.74 Å². The van der Waals surface area contributed by atoms with Crippen LogP contribution < -0.4 is 10.1 Å². The first-order valence-corrected chi connectivity index (χ1v) is 7.33. The van der Waals surface area contributed by atoms with Crippen molar-refractivity contribution in [3.8, 4) is 5.75 Å². The zero-order valence-corrected chi connectivity index (χ0v) is 13.0. The number of ether oxygens (including phenoxy) is 1. The maximum atomic E-state index is 12.1. The summed E-state index contributed by atoms with van der Waals surface area (Å²) >= 11 is 0. The molecular formula is C16H24N2O3. The first-order chi connectivity index (χ1) is 10.1. The van der Waals surface area contributed by atoms with Gasteiger partial charge in [-0.15, -0.1) is 0 Å². The molecule has 0 aromatic heterocycles. The number of methoxy groups -OCH3 is 1. The molecule has 0 fully saturated rings. The second-order valence-corrected chi connectivity index (χ2v) is 4.79. The van der Waals surface area contributed by atoms with Crippen LogP contribution in [0.4, 0.5) is 0 Å². The molecule has 0 saturated carbocycles. The molecule has 0 unspecified atom stereocenters. The van der Waals surface area contributed by atoms with Crippen molar-refractivity contribution in [1.29, 1.82) is 0 Å². The van der Waals surface area contributed by atoms with Crippen LogP contribution in [-0.2, 0) is 16.1 Å². The Bertz CT molecular complexity index is 468. The van der Waals surface area contributed by atoms with Gasteiger partial charge in [0, 0.05) is 25.2 Å².